The lowest BCUT2D eigenvalue weighted by Crippen LogP contribution is -2.47. The fourth-order valence-corrected chi connectivity index (χ4v) is 4.77. The fourth-order valence-electron chi connectivity index (χ4n) is 3.36. The van der Waals surface area contributed by atoms with Gasteiger partial charge in [0.1, 0.15) is 0 Å². The van der Waals surface area contributed by atoms with E-state index in [2.05, 4.69) is 5.32 Å². The molecule has 1 saturated heterocycles. The molecule has 0 spiro atoms. The van der Waals surface area contributed by atoms with Crippen LogP contribution in [0.2, 0.25) is 0 Å². The van der Waals surface area contributed by atoms with E-state index in [-0.39, 0.29) is 24.4 Å². The predicted molar refractivity (Wildman–Crippen MR) is 90.2 cm³/mol. The second-order valence-corrected chi connectivity index (χ2v) is 10.2. The Morgan fingerprint density at radius 2 is 1.87 bits per heavy atom. The summed E-state index contributed by atoms with van der Waals surface area (Å²) in [4.78, 5) is 14.1. The third-order valence-electron chi connectivity index (χ3n) is 5.32. The number of methoxy groups -OCH3 is 1. The monoisotopic (exact) mass is 346 g/mol. The van der Waals surface area contributed by atoms with E-state index in [1.807, 2.05) is 0 Å². The van der Waals surface area contributed by atoms with Gasteiger partial charge in [-0.3, -0.25) is 0 Å². The summed E-state index contributed by atoms with van der Waals surface area (Å²) in [5.74, 6) is 0.644. The number of nitrogens with one attached hydrogen (secondary N) is 1. The van der Waals surface area contributed by atoms with E-state index in [0.29, 0.717) is 18.9 Å². The normalized spacial score (nSPS) is 30.5. The van der Waals surface area contributed by atoms with Crippen molar-refractivity contribution in [2.75, 3.05) is 32.6 Å². The lowest BCUT2D eigenvalue weighted by atomic mass is 9.86. The van der Waals surface area contributed by atoms with Crippen molar-refractivity contribution in [3.63, 3.8) is 0 Å². The minimum Gasteiger partial charge on any atom is -0.384 e. The SMILES string of the molecule is COCC1CCC(NC(=O)N2CCC(C)(C)S(=O)(=O)CC2)CC1. The first-order valence-electron chi connectivity index (χ1n) is 8.52. The smallest absolute Gasteiger partial charge is 0.317 e. The van der Waals surface area contributed by atoms with E-state index in [1.54, 1.807) is 25.9 Å². The second-order valence-electron chi connectivity index (χ2n) is 7.44. The molecule has 0 aromatic heterocycles. The summed E-state index contributed by atoms with van der Waals surface area (Å²) in [5, 5.41) is 3.09. The molecule has 2 amide bonds. The number of nitrogens with zero attached hydrogens (tertiary/aromatic N) is 1. The largest absolute Gasteiger partial charge is 0.384 e. The van der Waals surface area contributed by atoms with E-state index in [4.69, 9.17) is 4.74 Å². The third kappa shape index (κ3) is 4.59. The summed E-state index contributed by atoms with van der Waals surface area (Å²) in [5.41, 5.74) is 0. The molecular formula is C16H30N2O4S. The topological polar surface area (TPSA) is 75.7 Å². The molecule has 2 aliphatic rings. The third-order valence-corrected chi connectivity index (χ3v) is 7.93. The summed E-state index contributed by atoms with van der Waals surface area (Å²) < 4.78 is 28.9. The first kappa shape index (κ1) is 18.5. The zero-order valence-corrected chi connectivity index (χ0v) is 15.3. The zero-order chi connectivity index (χ0) is 17.1. The van der Waals surface area contributed by atoms with Crippen LogP contribution in [0.3, 0.4) is 0 Å². The van der Waals surface area contributed by atoms with Crippen LogP contribution in [0.15, 0.2) is 0 Å². The maximum atomic E-state index is 12.4. The second kappa shape index (κ2) is 7.38. The van der Waals surface area contributed by atoms with Crippen LogP contribution in [0.4, 0.5) is 4.79 Å². The summed E-state index contributed by atoms with van der Waals surface area (Å²) in [7, 11) is -1.42. The molecule has 0 atom stereocenters. The number of hydrogen-bond donors (Lipinski definition) is 1. The zero-order valence-electron chi connectivity index (χ0n) is 14.5. The van der Waals surface area contributed by atoms with Crippen LogP contribution >= 0.6 is 0 Å². The lowest BCUT2D eigenvalue weighted by Gasteiger charge is -2.31. The average molecular weight is 346 g/mol. The van der Waals surface area contributed by atoms with Gasteiger partial charge in [-0.2, -0.15) is 0 Å². The lowest BCUT2D eigenvalue weighted by molar-refractivity contribution is 0.123. The molecule has 2 fully saturated rings. The Morgan fingerprint density at radius 3 is 2.48 bits per heavy atom. The molecule has 0 bridgehead atoms. The van der Waals surface area contributed by atoms with Gasteiger partial charge in [0.25, 0.3) is 0 Å². The highest BCUT2D eigenvalue weighted by Crippen LogP contribution is 2.26. The molecule has 7 heteroatoms. The molecule has 1 N–H and O–H groups in total. The van der Waals surface area contributed by atoms with Crippen molar-refractivity contribution in [2.45, 2.75) is 56.7 Å². The molecule has 6 nitrogen and oxygen atoms in total. The number of rotatable bonds is 3. The van der Waals surface area contributed by atoms with Gasteiger partial charge >= 0.3 is 6.03 Å². The molecule has 0 unspecified atom stereocenters. The number of urea groups is 1. The van der Waals surface area contributed by atoms with E-state index in [9.17, 15) is 13.2 Å². The molecule has 0 radical (unpaired) electrons. The van der Waals surface area contributed by atoms with Crippen LogP contribution in [0.25, 0.3) is 0 Å². The summed E-state index contributed by atoms with van der Waals surface area (Å²) >= 11 is 0. The summed E-state index contributed by atoms with van der Waals surface area (Å²) in [6, 6.07) is 0.0802. The van der Waals surface area contributed by atoms with Crippen molar-refractivity contribution in [3.8, 4) is 0 Å². The van der Waals surface area contributed by atoms with Gasteiger partial charge < -0.3 is 15.0 Å². The Morgan fingerprint density at radius 1 is 1.22 bits per heavy atom. The molecule has 1 saturated carbocycles. The van der Waals surface area contributed by atoms with E-state index >= 15 is 0 Å². The number of carbonyl (C=O) groups is 1. The van der Waals surface area contributed by atoms with Crippen LogP contribution < -0.4 is 5.32 Å². The molecule has 1 aliphatic heterocycles. The average Bonchev–Trinajstić information content (AvgIpc) is 2.58. The standard InChI is InChI=1S/C16H30N2O4S/c1-16(2)8-9-18(10-11-23(16,20)21)15(19)17-14-6-4-13(5-7-14)12-22-3/h13-14H,4-12H2,1-3H3,(H,17,19). The summed E-state index contributed by atoms with van der Waals surface area (Å²) in [6.07, 6.45) is 4.57. The van der Waals surface area contributed by atoms with E-state index in [1.165, 1.54) is 0 Å². The van der Waals surface area contributed by atoms with Crippen LogP contribution in [0, 0.1) is 5.92 Å². The van der Waals surface area contributed by atoms with Gasteiger partial charge in [-0.15, -0.1) is 0 Å². The van der Waals surface area contributed by atoms with Crippen LogP contribution in [0.1, 0.15) is 46.0 Å². The van der Waals surface area contributed by atoms with Crippen molar-refractivity contribution >= 4 is 15.9 Å². The van der Waals surface area contributed by atoms with Gasteiger partial charge in [-0.25, -0.2) is 13.2 Å². The Bertz CT molecular complexity index is 510. The maximum absolute atomic E-state index is 12.4. The van der Waals surface area contributed by atoms with Gasteiger partial charge in [-0.1, -0.05) is 0 Å². The van der Waals surface area contributed by atoms with Crippen molar-refractivity contribution < 1.29 is 17.9 Å². The number of sulfone groups is 1. The minimum absolute atomic E-state index is 0.0496. The molecule has 23 heavy (non-hydrogen) atoms. The first-order valence-corrected chi connectivity index (χ1v) is 10.2. The van der Waals surface area contributed by atoms with Gasteiger partial charge in [0.2, 0.25) is 0 Å². The number of carbonyl (C=O) groups excluding carboxylic acids is 1. The Balaban J connectivity index is 1.85. The van der Waals surface area contributed by atoms with Gasteiger partial charge in [-0.05, 0) is 51.9 Å². The number of ether oxygens (including phenoxy) is 1. The van der Waals surface area contributed by atoms with Crippen molar-refractivity contribution in [2.24, 2.45) is 5.92 Å². The molecular weight excluding hydrogens is 316 g/mol. The molecule has 2 rings (SSSR count). The molecule has 134 valence electrons. The fraction of sp³-hybridized carbons (Fsp3) is 0.938. The highest BCUT2D eigenvalue weighted by Gasteiger charge is 2.38. The van der Waals surface area contributed by atoms with Gasteiger partial charge in [0, 0.05) is 32.8 Å². The van der Waals surface area contributed by atoms with Crippen LogP contribution in [-0.4, -0.2) is 62.7 Å². The van der Waals surface area contributed by atoms with Crippen molar-refractivity contribution in [1.29, 1.82) is 0 Å². The Hall–Kier alpha value is -0.820. The highest BCUT2D eigenvalue weighted by molar-refractivity contribution is 7.92. The predicted octanol–water partition coefficient (Wildman–Crippen LogP) is 1.80. The summed E-state index contributed by atoms with van der Waals surface area (Å²) in [6.45, 7) is 5.08. The van der Waals surface area contributed by atoms with Crippen molar-refractivity contribution in [1.82, 2.24) is 10.2 Å². The molecule has 0 aromatic carbocycles. The molecule has 0 aromatic rings. The van der Waals surface area contributed by atoms with Crippen LogP contribution in [0.5, 0.6) is 0 Å². The number of amides is 2. The molecule has 1 heterocycles. The first-order chi connectivity index (χ1) is 10.7. The Labute approximate surface area is 139 Å². The minimum atomic E-state index is -3.15. The maximum Gasteiger partial charge on any atom is 0.317 e. The van der Waals surface area contributed by atoms with Crippen molar-refractivity contribution in [3.05, 3.63) is 0 Å². The highest BCUT2D eigenvalue weighted by atomic mass is 32.2. The number of hydrogen-bond acceptors (Lipinski definition) is 4. The van der Waals surface area contributed by atoms with Gasteiger partial charge in [0.15, 0.2) is 9.84 Å². The molecule has 1 aliphatic carbocycles. The van der Waals surface area contributed by atoms with Crippen LogP contribution in [-0.2, 0) is 14.6 Å². The Kier molecular flexibility index (Phi) is 5.94. The quantitative estimate of drug-likeness (QED) is 0.845. The van der Waals surface area contributed by atoms with Gasteiger partial charge in [0.05, 0.1) is 10.5 Å². The van der Waals surface area contributed by atoms with E-state index < -0.39 is 14.6 Å². The van der Waals surface area contributed by atoms with E-state index in [0.717, 1.165) is 32.3 Å².